The fourth-order valence-electron chi connectivity index (χ4n) is 6.49. The third kappa shape index (κ3) is 8.11. The van der Waals surface area contributed by atoms with E-state index < -0.39 is 17.5 Å². The summed E-state index contributed by atoms with van der Waals surface area (Å²) in [5.41, 5.74) is 3.86. The second-order valence-electron chi connectivity index (χ2n) is 13.8. The third-order valence-electron chi connectivity index (χ3n) is 9.03. The zero-order valence-electron chi connectivity index (χ0n) is 30.0. The number of hydrogen-bond acceptors (Lipinski definition) is 7. The predicted molar refractivity (Wildman–Crippen MR) is 202 cm³/mol. The van der Waals surface area contributed by atoms with Gasteiger partial charge in [-0.3, -0.25) is 14.3 Å². The van der Waals surface area contributed by atoms with Crippen LogP contribution in [0.1, 0.15) is 55.1 Å². The molecule has 1 saturated heterocycles. The minimum Gasteiger partial charge on any atom is -0.496 e. The molecule has 0 radical (unpaired) electrons. The van der Waals surface area contributed by atoms with Gasteiger partial charge in [0.2, 0.25) is 5.91 Å². The van der Waals surface area contributed by atoms with Crippen LogP contribution in [-0.2, 0) is 22.6 Å². The largest absolute Gasteiger partial charge is 0.496 e. The predicted octanol–water partition coefficient (Wildman–Crippen LogP) is 8.71. The number of rotatable bonds is 11. The Hall–Kier alpha value is -5.13. The first kappa shape index (κ1) is 37.6. The molecule has 1 fully saturated rings. The van der Waals surface area contributed by atoms with Gasteiger partial charge >= 0.3 is 6.09 Å². The van der Waals surface area contributed by atoms with Gasteiger partial charge in [0.05, 0.1) is 49.6 Å². The molecule has 13 heteroatoms. The molecule has 1 aliphatic heterocycles. The molecule has 6 rings (SSSR count). The van der Waals surface area contributed by atoms with Crippen molar-refractivity contribution < 1.29 is 33.0 Å². The number of amides is 2. The number of ether oxygens (including phenoxy) is 3. The van der Waals surface area contributed by atoms with Crippen molar-refractivity contribution in [2.75, 3.05) is 20.8 Å². The smallest absolute Gasteiger partial charge is 0.410 e. The van der Waals surface area contributed by atoms with Crippen LogP contribution in [0.5, 0.6) is 11.5 Å². The molecule has 2 amide bonds. The average molecular weight is 762 g/mol. The van der Waals surface area contributed by atoms with Crippen LogP contribution in [-0.4, -0.2) is 65.4 Å². The van der Waals surface area contributed by atoms with Crippen molar-refractivity contribution in [2.45, 2.75) is 58.3 Å². The molecule has 2 heterocycles. The lowest BCUT2D eigenvalue weighted by Gasteiger charge is -2.30. The molecular formula is C40H39Cl2FN4O6. The van der Waals surface area contributed by atoms with Gasteiger partial charge in [-0.1, -0.05) is 53.5 Å². The van der Waals surface area contributed by atoms with E-state index in [2.05, 4.69) is 10.4 Å². The molecule has 0 bridgehead atoms. The average Bonchev–Trinajstić information content (AvgIpc) is 3.73. The zero-order valence-corrected chi connectivity index (χ0v) is 31.5. The lowest BCUT2D eigenvalue weighted by Crippen LogP contribution is -2.44. The molecule has 0 saturated carbocycles. The van der Waals surface area contributed by atoms with Crippen LogP contribution >= 0.6 is 23.2 Å². The standard InChI is InChI=1S/C40H39Cl2FN4O6/c1-40(2,3)53-39(50)46(20-26-12-13-37(49)45-26)21-31-33(43)15-23(16-36(31)52-5)27-8-6-10-29(38(27)42)28-9-7-11-34-30(28)18-44-47(34)19-24-17-35(51-4)25(22-48)14-32(24)41/h6-11,14-18,22,26H,12-13,19-21H2,1-5H3,(H,45,49)/t26-/m0/s1. The number of carbonyl (C=O) groups is 3. The van der Waals surface area contributed by atoms with Gasteiger partial charge in [-0.05, 0) is 74.2 Å². The zero-order chi connectivity index (χ0) is 38.0. The van der Waals surface area contributed by atoms with E-state index in [0.717, 1.165) is 22.0 Å². The minimum absolute atomic E-state index is 0.0929. The summed E-state index contributed by atoms with van der Waals surface area (Å²) in [6, 6.07) is 17.4. The molecule has 1 aromatic heterocycles. The first-order valence-electron chi connectivity index (χ1n) is 17.0. The van der Waals surface area contributed by atoms with Crippen LogP contribution in [0.15, 0.2) is 66.9 Å². The van der Waals surface area contributed by atoms with Crippen LogP contribution in [0.3, 0.4) is 0 Å². The van der Waals surface area contributed by atoms with E-state index in [-0.39, 0.29) is 36.4 Å². The highest BCUT2D eigenvalue weighted by Gasteiger charge is 2.30. The lowest BCUT2D eigenvalue weighted by atomic mass is 9.96. The number of benzene rings is 4. The molecule has 0 unspecified atom stereocenters. The molecule has 10 nitrogen and oxygen atoms in total. The number of nitrogens with zero attached hydrogens (tertiary/aromatic N) is 3. The Kier molecular flexibility index (Phi) is 11.0. The molecule has 1 aliphatic rings. The summed E-state index contributed by atoms with van der Waals surface area (Å²) < 4.78 is 34.7. The van der Waals surface area contributed by atoms with Crippen molar-refractivity contribution in [3.05, 3.63) is 99.4 Å². The molecular weight excluding hydrogens is 722 g/mol. The van der Waals surface area contributed by atoms with Crippen molar-refractivity contribution in [3.8, 4) is 33.8 Å². The highest BCUT2D eigenvalue weighted by atomic mass is 35.5. The van der Waals surface area contributed by atoms with E-state index in [0.29, 0.717) is 63.7 Å². The summed E-state index contributed by atoms with van der Waals surface area (Å²) in [6.45, 7) is 5.59. The quantitative estimate of drug-likeness (QED) is 0.134. The minimum atomic E-state index is -0.780. The summed E-state index contributed by atoms with van der Waals surface area (Å²) in [6.07, 6.45) is 2.74. The number of fused-ring (bicyclic) bond motifs is 1. The number of aldehydes is 1. The second kappa shape index (κ2) is 15.5. The van der Waals surface area contributed by atoms with Gasteiger partial charge in [-0.15, -0.1) is 0 Å². The molecule has 1 atom stereocenters. The summed E-state index contributed by atoms with van der Waals surface area (Å²) in [5.74, 6) is -0.0414. The molecule has 5 aromatic rings. The Morgan fingerprint density at radius 3 is 2.43 bits per heavy atom. The lowest BCUT2D eigenvalue weighted by molar-refractivity contribution is -0.119. The SMILES string of the molecule is COc1cc(Cn2ncc3c(-c4cccc(-c5cc(F)c(CN(C[C@@H]6CCC(=O)N6)C(=O)OC(C)(C)C)c(OC)c5)c4Cl)cccc32)c(Cl)cc1C=O. The van der Waals surface area contributed by atoms with E-state index in [1.807, 2.05) is 30.3 Å². The number of nitrogens with one attached hydrogen (secondary N) is 1. The van der Waals surface area contributed by atoms with Gasteiger partial charge in [0.25, 0.3) is 0 Å². The third-order valence-corrected chi connectivity index (χ3v) is 9.79. The van der Waals surface area contributed by atoms with Gasteiger partial charge in [0.15, 0.2) is 6.29 Å². The molecule has 4 aromatic carbocycles. The Labute approximate surface area is 316 Å². The van der Waals surface area contributed by atoms with E-state index >= 15 is 4.39 Å². The van der Waals surface area contributed by atoms with Crippen molar-refractivity contribution in [1.82, 2.24) is 20.0 Å². The Morgan fingerprint density at radius 1 is 1.04 bits per heavy atom. The summed E-state index contributed by atoms with van der Waals surface area (Å²) in [7, 11) is 2.93. The topological polar surface area (TPSA) is 112 Å². The van der Waals surface area contributed by atoms with Crippen LogP contribution in [0.2, 0.25) is 10.0 Å². The maximum absolute atomic E-state index is 16.2. The van der Waals surface area contributed by atoms with Gasteiger partial charge in [0, 0.05) is 46.1 Å². The highest BCUT2D eigenvalue weighted by molar-refractivity contribution is 6.36. The van der Waals surface area contributed by atoms with Crippen LogP contribution in [0.4, 0.5) is 9.18 Å². The number of hydrogen-bond donors (Lipinski definition) is 1. The van der Waals surface area contributed by atoms with Crippen molar-refractivity contribution in [2.24, 2.45) is 0 Å². The van der Waals surface area contributed by atoms with Crippen LogP contribution in [0, 0.1) is 5.82 Å². The van der Waals surface area contributed by atoms with E-state index in [4.69, 9.17) is 37.4 Å². The number of methoxy groups -OCH3 is 2. The fraction of sp³-hybridized carbons (Fsp3) is 0.300. The Balaban J connectivity index is 1.33. The van der Waals surface area contributed by atoms with Gasteiger partial charge in [0.1, 0.15) is 22.9 Å². The maximum Gasteiger partial charge on any atom is 0.410 e. The second-order valence-corrected chi connectivity index (χ2v) is 14.6. The van der Waals surface area contributed by atoms with E-state index in [1.165, 1.54) is 25.2 Å². The fourth-order valence-corrected chi connectivity index (χ4v) is 7.06. The van der Waals surface area contributed by atoms with Gasteiger partial charge < -0.3 is 24.4 Å². The summed E-state index contributed by atoms with van der Waals surface area (Å²) in [5, 5.41) is 9.15. The number of carbonyl (C=O) groups excluding carboxylic acids is 3. The van der Waals surface area contributed by atoms with Crippen LogP contribution in [0.25, 0.3) is 33.2 Å². The Bertz CT molecular complexity index is 2220. The summed E-state index contributed by atoms with van der Waals surface area (Å²) in [4.78, 5) is 38.0. The maximum atomic E-state index is 16.2. The molecule has 0 spiro atoms. The highest BCUT2D eigenvalue weighted by Crippen LogP contribution is 2.41. The Morgan fingerprint density at radius 2 is 1.75 bits per heavy atom. The van der Waals surface area contributed by atoms with Crippen molar-refractivity contribution in [1.29, 1.82) is 0 Å². The van der Waals surface area contributed by atoms with Crippen molar-refractivity contribution in [3.63, 3.8) is 0 Å². The van der Waals surface area contributed by atoms with E-state index in [9.17, 15) is 14.4 Å². The van der Waals surface area contributed by atoms with Gasteiger partial charge in [-0.2, -0.15) is 5.10 Å². The first-order valence-corrected chi connectivity index (χ1v) is 17.7. The monoisotopic (exact) mass is 760 g/mol. The van der Waals surface area contributed by atoms with Gasteiger partial charge in [-0.25, -0.2) is 9.18 Å². The first-order chi connectivity index (χ1) is 25.3. The summed E-state index contributed by atoms with van der Waals surface area (Å²) >= 11 is 13.7. The van der Waals surface area contributed by atoms with E-state index in [1.54, 1.807) is 55.9 Å². The normalized spacial score (nSPS) is 14.3. The number of aromatic nitrogens is 2. The number of halogens is 3. The van der Waals surface area contributed by atoms with Crippen LogP contribution < -0.4 is 14.8 Å². The molecule has 1 N–H and O–H groups in total. The molecule has 53 heavy (non-hydrogen) atoms. The molecule has 0 aliphatic carbocycles. The van der Waals surface area contributed by atoms with Crippen molar-refractivity contribution >= 4 is 52.4 Å². The molecule has 276 valence electrons.